The number of methoxy groups -OCH3 is 1. The van der Waals surface area contributed by atoms with Crippen molar-refractivity contribution in [3.8, 4) is 6.07 Å². The number of ether oxygens (including phenoxy) is 2. The fourth-order valence-electron chi connectivity index (χ4n) is 4.21. The second-order valence-electron chi connectivity index (χ2n) is 7.89. The zero-order valence-corrected chi connectivity index (χ0v) is 18.7. The molecule has 2 aliphatic rings. The van der Waals surface area contributed by atoms with Crippen molar-refractivity contribution in [2.24, 2.45) is 0 Å². The maximum atomic E-state index is 12.7. The average Bonchev–Trinajstić information content (AvgIpc) is 3.52. The third-order valence-corrected chi connectivity index (χ3v) is 6.95. The van der Waals surface area contributed by atoms with Crippen LogP contribution in [0, 0.1) is 11.3 Å². The predicted molar refractivity (Wildman–Crippen MR) is 119 cm³/mol. The molecule has 1 fully saturated rings. The Morgan fingerprint density at radius 3 is 3.06 bits per heavy atom. The van der Waals surface area contributed by atoms with Crippen LogP contribution in [0.5, 0.6) is 0 Å². The van der Waals surface area contributed by atoms with Crippen molar-refractivity contribution < 1.29 is 23.5 Å². The number of amides is 2. The summed E-state index contributed by atoms with van der Waals surface area (Å²) in [5.74, 6) is -0.317. The Morgan fingerprint density at radius 1 is 1.44 bits per heavy atom. The highest BCUT2D eigenvalue weighted by Gasteiger charge is 2.33. The SMILES string of the molecule is COCC1CCCN1C(=O)OC1CCc2c(sc(NC(=O)C=Cc3ccoc3)c2C#N)C1. The lowest BCUT2D eigenvalue weighted by Gasteiger charge is -2.28. The van der Waals surface area contributed by atoms with E-state index in [-0.39, 0.29) is 24.1 Å². The Labute approximate surface area is 190 Å². The summed E-state index contributed by atoms with van der Waals surface area (Å²) in [5, 5.41) is 13.0. The third kappa shape index (κ3) is 4.87. The average molecular weight is 456 g/mol. The first-order valence-electron chi connectivity index (χ1n) is 10.6. The van der Waals surface area contributed by atoms with Gasteiger partial charge < -0.3 is 24.1 Å². The molecule has 9 heteroatoms. The van der Waals surface area contributed by atoms with Gasteiger partial charge in [0.2, 0.25) is 5.91 Å². The Balaban J connectivity index is 1.40. The molecule has 1 N–H and O–H groups in total. The molecule has 2 aromatic rings. The summed E-state index contributed by atoms with van der Waals surface area (Å²) in [7, 11) is 1.64. The van der Waals surface area contributed by atoms with Gasteiger partial charge in [0.15, 0.2) is 0 Å². The summed E-state index contributed by atoms with van der Waals surface area (Å²) in [6, 6.07) is 4.04. The molecule has 2 amide bonds. The van der Waals surface area contributed by atoms with Crippen molar-refractivity contribution in [3.05, 3.63) is 46.2 Å². The van der Waals surface area contributed by atoms with E-state index in [1.165, 1.54) is 29.9 Å². The largest absolute Gasteiger partial charge is 0.472 e. The number of furan rings is 1. The molecule has 0 radical (unpaired) electrons. The first-order valence-corrected chi connectivity index (χ1v) is 11.4. The van der Waals surface area contributed by atoms with Crippen molar-refractivity contribution in [3.63, 3.8) is 0 Å². The van der Waals surface area contributed by atoms with Gasteiger partial charge in [-0.3, -0.25) is 4.79 Å². The van der Waals surface area contributed by atoms with Crippen molar-refractivity contribution in [1.29, 1.82) is 5.26 Å². The number of rotatable bonds is 6. The Bertz CT molecular complexity index is 1040. The maximum Gasteiger partial charge on any atom is 0.410 e. The molecule has 0 spiro atoms. The van der Waals surface area contributed by atoms with Gasteiger partial charge in [0, 0.05) is 36.6 Å². The molecule has 3 heterocycles. The normalized spacial score (nSPS) is 20.2. The standard InChI is InChI=1S/C23H25N3O5S/c1-29-14-16-3-2-9-26(16)23(28)31-17-5-6-18-19(12-24)22(32-20(18)11-17)25-21(27)7-4-15-8-10-30-13-15/h4,7-8,10,13,16-17H,2-3,5-6,9,11,14H2,1H3,(H,25,27). The summed E-state index contributed by atoms with van der Waals surface area (Å²) < 4.78 is 16.0. The van der Waals surface area contributed by atoms with Crippen LogP contribution >= 0.6 is 11.3 Å². The first kappa shape index (κ1) is 22.1. The van der Waals surface area contributed by atoms with Crippen molar-refractivity contribution in [2.75, 3.05) is 25.6 Å². The van der Waals surface area contributed by atoms with Crippen molar-refractivity contribution in [2.45, 2.75) is 44.2 Å². The van der Waals surface area contributed by atoms with Gasteiger partial charge in [-0.1, -0.05) is 0 Å². The molecule has 168 valence electrons. The van der Waals surface area contributed by atoms with Crippen LogP contribution in [-0.4, -0.2) is 49.3 Å². The molecule has 0 bridgehead atoms. The second-order valence-corrected chi connectivity index (χ2v) is 9.00. The molecule has 0 aromatic carbocycles. The van der Waals surface area contributed by atoms with Gasteiger partial charge in [0.05, 0.1) is 30.7 Å². The highest BCUT2D eigenvalue weighted by atomic mass is 32.1. The molecule has 2 atom stereocenters. The Kier molecular flexibility index (Phi) is 6.93. The van der Waals surface area contributed by atoms with E-state index in [9.17, 15) is 14.9 Å². The Hall–Kier alpha value is -3.09. The predicted octanol–water partition coefficient (Wildman–Crippen LogP) is 3.97. The van der Waals surface area contributed by atoms with Gasteiger partial charge in [-0.05, 0) is 43.4 Å². The molecular weight excluding hydrogens is 430 g/mol. The van der Waals surface area contributed by atoms with Gasteiger partial charge in [0.25, 0.3) is 0 Å². The van der Waals surface area contributed by atoms with Gasteiger partial charge >= 0.3 is 6.09 Å². The maximum absolute atomic E-state index is 12.7. The van der Waals surface area contributed by atoms with Crippen LogP contribution in [0.3, 0.4) is 0 Å². The number of anilines is 1. The number of nitrogens with one attached hydrogen (secondary N) is 1. The number of hydrogen-bond donors (Lipinski definition) is 1. The van der Waals surface area contributed by atoms with Crippen LogP contribution < -0.4 is 5.32 Å². The summed E-state index contributed by atoms with van der Waals surface area (Å²) >= 11 is 1.38. The van der Waals surface area contributed by atoms with Crippen molar-refractivity contribution in [1.82, 2.24) is 4.90 Å². The molecule has 2 aromatic heterocycles. The van der Waals surface area contributed by atoms with E-state index in [1.54, 1.807) is 24.2 Å². The van der Waals surface area contributed by atoms with E-state index >= 15 is 0 Å². The monoisotopic (exact) mass is 455 g/mol. The van der Waals surface area contributed by atoms with E-state index in [0.717, 1.165) is 28.8 Å². The number of nitriles is 1. The smallest absolute Gasteiger partial charge is 0.410 e. The number of thiophene rings is 1. The number of likely N-dealkylation sites (tertiary alicyclic amines) is 1. The van der Waals surface area contributed by atoms with E-state index in [4.69, 9.17) is 13.9 Å². The topological polar surface area (TPSA) is 105 Å². The third-order valence-electron chi connectivity index (χ3n) is 5.78. The van der Waals surface area contributed by atoms with Crippen molar-refractivity contribution >= 4 is 34.4 Å². The minimum Gasteiger partial charge on any atom is -0.472 e. The van der Waals surface area contributed by atoms with Crippen LogP contribution in [0.1, 0.15) is 40.8 Å². The molecule has 32 heavy (non-hydrogen) atoms. The van der Waals surface area contributed by atoms with Crippen LogP contribution in [0.25, 0.3) is 6.08 Å². The Morgan fingerprint density at radius 2 is 2.31 bits per heavy atom. The van der Waals surface area contributed by atoms with Gasteiger partial charge in [-0.25, -0.2) is 4.79 Å². The van der Waals surface area contributed by atoms with E-state index < -0.39 is 0 Å². The number of carbonyl (C=O) groups is 2. The molecule has 0 saturated carbocycles. The lowest BCUT2D eigenvalue weighted by Crippen LogP contribution is -2.40. The zero-order chi connectivity index (χ0) is 22.5. The molecular formula is C23H25N3O5S. The van der Waals surface area contributed by atoms with Crippen LogP contribution in [0.2, 0.25) is 0 Å². The first-order chi connectivity index (χ1) is 15.6. The van der Waals surface area contributed by atoms with Crippen LogP contribution in [0.4, 0.5) is 9.80 Å². The number of fused-ring (bicyclic) bond motifs is 1. The minimum atomic E-state index is -0.317. The van der Waals surface area contributed by atoms with Crippen LogP contribution in [-0.2, 0) is 27.1 Å². The second kappa shape index (κ2) is 10.0. The lowest BCUT2D eigenvalue weighted by molar-refractivity contribution is -0.111. The van der Waals surface area contributed by atoms with E-state index in [0.29, 0.717) is 43.0 Å². The van der Waals surface area contributed by atoms with Gasteiger partial charge in [0.1, 0.15) is 17.2 Å². The molecule has 1 saturated heterocycles. The van der Waals surface area contributed by atoms with Gasteiger partial charge in [-0.15, -0.1) is 11.3 Å². The highest BCUT2D eigenvalue weighted by Crippen LogP contribution is 2.38. The zero-order valence-electron chi connectivity index (χ0n) is 17.8. The minimum absolute atomic E-state index is 0.0653. The fraction of sp³-hybridized carbons (Fsp3) is 0.435. The molecule has 8 nitrogen and oxygen atoms in total. The number of hydrogen-bond acceptors (Lipinski definition) is 7. The highest BCUT2D eigenvalue weighted by molar-refractivity contribution is 7.16. The summed E-state index contributed by atoms with van der Waals surface area (Å²) in [5.41, 5.74) is 2.22. The van der Waals surface area contributed by atoms with Crippen LogP contribution in [0.15, 0.2) is 29.1 Å². The fourth-order valence-corrected chi connectivity index (χ4v) is 5.48. The summed E-state index contributed by atoms with van der Waals surface area (Å²) in [6.45, 7) is 1.20. The molecule has 1 aliphatic heterocycles. The van der Waals surface area contributed by atoms with E-state index in [1.807, 2.05) is 0 Å². The van der Waals surface area contributed by atoms with E-state index in [2.05, 4.69) is 11.4 Å². The lowest BCUT2D eigenvalue weighted by atomic mass is 9.94. The number of carbonyl (C=O) groups excluding carboxylic acids is 2. The number of nitrogens with zero attached hydrogens (tertiary/aromatic N) is 2. The molecule has 2 unspecified atom stereocenters. The van der Waals surface area contributed by atoms with Gasteiger partial charge in [-0.2, -0.15) is 5.26 Å². The quantitative estimate of drug-likeness (QED) is 0.661. The molecule has 4 rings (SSSR count). The summed E-state index contributed by atoms with van der Waals surface area (Å²) in [4.78, 5) is 27.7. The molecule has 1 aliphatic carbocycles. The summed E-state index contributed by atoms with van der Waals surface area (Å²) in [6.07, 6.45) is 9.28.